The summed E-state index contributed by atoms with van der Waals surface area (Å²) in [5, 5.41) is 15.3. The van der Waals surface area contributed by atoms with Crippen LogP contribution in [0.4, 0.5) is 10.1 Å². The van der Waals surface area contributed by atoms with E-state index in [2.05, 4.69) is 44.3 Å². The molecule has 2 aliphatic rings. The van der Waals surface area contributed by atoms with Gasteiger partial charge in [-0.15, -0.1) is 5.10 Å². The molecule has 1 atom stereocenters. The first kappa shape index (κ1) is 22.9. The Balaban J connectivity index is 1.39. The number of rotatable bonds is 5. The summed E-state index contributed by atoms with van der Waals surface area (Å²) in [7, 11) is 2.13. The van der Waals surface area contributed by atoms with Gasteiger partial charge in [0.05, 0.1) is 30.2 Å². The second-order valence-electron chi connectivity index (χ2n) is 9.10. The Labute approximate surface area is 202 Å². The van der Waals surface area contributed by atoms with E-state index in [4.69, 9.17) is 11.6 Å². The first-order valence-corrected chi connectivity index (χ1v) is 11.9. The number of anilines is 1. The lowest BCUT2D eigenvalue weighted by atomic mass is 9.99. The van der Waals surface area contributed by atoms with Crippen LogP contribution >= 0.6 is 11.6 Å². The Hall–Kier alpha value is -2.82. The van der Waals surface area contributed by atoms with E-state index in [0.29, 0.717) is 31.7 Å². The maximum Gasteiger partial charge on any atom is 0.285 e. The Morgan fingerprint density at radius 2 is 2.00 bits per heavy atom. The van der Waals surface area contributed by atoms with E-state index in [1.165, 1.54) is 6.07 Å². The van der Waals surface area contributed by atoms with Crippen molar-refractivity contribution in [1.82, 2.24) is 35.0 Å². The first-order chi connectivity index (χ1) is 16.4. The number of nitrogens with one attached hydrogen (secondary N) is 1. The quantitative estimate of drug-likeness (QED) is 0.590. The molecule has 180 valence electrons. The largest absolute Gasteiger partial charge is 0.362 e. The number of H-pyrrole nitrogens is 1. The van der Waals surface area contributed by atoms with Crippen LogP contribution in [0.25, 0.3) is 0 Å². The van der Waals surface area contributed by atoms with Crippen LogP contribution < -0.4 is 10.5 Å². The molecule has 1 fully saturated rings. The van der Waals surface area contributed by atoms with Crippen LogP contribution in [0.1, 0.15) is 35.5 Å². The summed E-state index contributed by atoms with van der Waals surface area (Å²) in [6.45, 7) is 7.91. The smallest absolute Gasteiger partial charge is 0.285 e. The molecule has 1 aromatic carbocycles. The van der Waals surface area contributed by atoms with Crippen molar-refractivity contribution in [3.05, 3.63) is 68.1 Å². The molecule has 0 amide bonds. The van der Waals surface area contributed by atoms with E-state index in [1.807, 2.05) is 15.6 Å². The van der Waals surface area contributed by atoms with Gasteiger partial charge in [-0.3, -0.25) is 9.69 Å². The zero-order chi connectivity index (χ0) is 23.8. The molecule has 2 aliphatic heterocycles. The van der Waals surface area contributed by atoms with Gasteiger partial charge in [-0.25, -0.2) is 14.2 Å². The number of aromatic amines is 1. The number of nitrogens with zero attached hydrogens (tertiary/aromatic N) is 7. The van der Waals surface area contributed by atoms with Crippen molar-refractivity contribution in [2.75, 3.05) is 44.7 Å². The van der Waals surface area contributed by atoms with Crippen molar-refractivity contribution >= 4 is 17.3 Å². The van der Waals surface area contributed by atoms with Gasteiger partial charge in [0.25, 0.3) is 5.56 Å². The zero-order valence-corrected chi connectivity index (χ0v) is 20.1. The van der Waals surface area contributed by atoms with E-state index in [9.17, 15) is 9.18 Å². The Bertz CT molecular complexity index is 1240. The van der Waals surface area contributed by atoms with Crippen LogP contribution in [0.15, 0.2) is 29.2 Å². The van der Waals surface area contributed by atoms with E-state index >= 15 is 0 Å². The van der Waals surface area contributed by atoms with Crippen LogP contribution in [0.3, 0.4) is 0 Å². The van der Waals surface area contributed by atoms with E-state index < -0.39 is 5.56 Å². The third-order valence-electron chi connectivity index (χ3n) is 6.86. The topological polar surface area (TPSA) is 86.2 Å². The van der Waals surface area contributed by atoms with E-state index in [0.717, 1.165) is 48.7 Å². The van der Waals surface area contributed by atoms with Crippen LogP contribution in [0.2, 0.25) is 5.02 Å². The SMILES string of the molecule is C[C@H](c1ccc(F)cc1CN1CCN(C)CC1)n1nnc2c1CCN(c1cn[nH]c(=O)c1Cl)C2. The molecule has 1 N–H and O–H groups in total. The molecule has 34 heavy (non-hydrogen) atoms. The zero-order valence-electron chi connectivity index (χ0n) is 19.3. The van der Waals surface area contributed by atoms with Gasteiger partial charge in [-0.05, 0) is 37.2 Å². The van der Waals surface area contributed by atoms with E-state index in [1.54, 1.807) is 12.3 Å². The summed E-state index contributed by atoms with van der Waals surface area (Å²) in [5.41, 5.74) is 4.11. The lowest BCUT2D eigenvalue weighted by molar-refractivity contribution is 0.147. The van der Waals surface area contributed by atoms with Crippen molar-refractivity contribution in [1.29, 1.82) is 0 Å². The highest BCUT2D eigenvalue weighted by molar-refractivity contribution is 6.32. The van der Waals surface area contributed by atoms with Gasteiger partial charge in [-0.2, -0.15) is 5.10 Å². The van der Waals surface area contributed by atoms with Gasteiger partial charge in [0.2, 0.25) is 0 Å². The van der Waals surface area contributed by atoms with Crippen molar-refractivity contribution in [3.63, 3.8) is 0 Å². The summed E-state index contributed by atoms with van der Waals surface area (Å²) < 4.78 is 16.1. The summed E-state index contributed by atoms with van der Waals surface area (Å²) in [6.07, 6.45) is 2.26. The predicted octanol–water partition coefficient (Wildman–Crippen LogP) is 2.07. The Morgan fingerprint density at radius 1 is 1.21 bits per heavy atom. The monoisotopic (exact) mass is 486 g/mol. The second-order valence-corrected chi connectivity index (χ2v) is 9.47. The molecule has 3 aromatic rings. The fourth-order valence-electron chi connectivity index (χ4n) is 4.84. The average molecular weight is 487 g/mol. The van der Waals surface area contributed by atoms with Gasteiger partial charge in [-0.1, -0.05) is 22.9 Å². The van der Waals surface area contributed by atoms with Crippen LogP contribution in [0.5, 0.6) is 0 Å². The lowest BCUT2D eigenvalue weighted by Crippen LogP contribution is -2.44. The molecule has 0 unspecified atom stereocenters. The average Bonchev–Trinajstić information content (AvgIpc) is 3.25. The number of hydrogen-bond acceptors (Lipinski definition) is 7. The maximum atomic E-state index is 14.2. The van der Waals surface area contributed by atoms with Gasteiger partial charge < -0.3 is 9.80 Å². The van der Waals surface area contributed by atoms with Crippen molar-refractivity contribution < 1.29 is 4.39 Å². The predicted molar refractivity (Wildman–Crippen MR) is 128 cm³/mol. The lowest BCUT2D eigenvalue weighted by Gasteiger charge is -2.33. The highest BCUT2D eigenvalue weighted by atomic mass is 35.5. The number of hydrogen-bond donors (Lipinski definition) is 1. The van der Waals surface area contributed by atoms with Crippen molar-refractivity contribution in [2.24, 2.45) is 0 Å². The van der Waals surface area contributed by atoms with Gasteiger partial charge in [0.15, 0.2) is 0 Å². The molecule has 11 heteroatoms. The number of halogens is 2. The molecule has 0 radical (unpaired) electrons. The fourth-order valence-corrected chi connectivity index (χ4v) is 5.05. The molecule has 1 saturated heterocycles. The molecule has 0 spiro atoms. The van der Waals surface area contributed by atoms with Crippen LogP contribution in [-0.4, -0.2) is 74.8 Å². The van der Waals surface area contributed by atoms with Gasteiger partial charge >= 0.3 is 0 Å². The van der Waals surface area contributed by atoms with E-state index in [-0.39, 0.29) is 16.9 Å². The Kier molecular flexibility index (Phi) is 6.37. The third-order valence-corrected chi connectivity index (χ3v) is 7.23. The van der Waals surface area contributed by atoms with Crippen molar-refractivity contribution in [3.8, 4) is 0 Å². The van der Waals surface area contributed by atoms with Gasteiger partial charge in [0, 0.05) is 45.7 Å². The van der Waals surface area contributed by atoms with Gasteiger partial charge in [0.1, 0.15) is 16.5 Å². The molecule has 0 bridgehead atoms. The number of fused-ring (bicyclic) bond motifs is 1. The highest BCUT2D eigenvalue weighted by Crippen LogP contribution is 2.30. The Morgan fingerprint density at radius 3 is 2.79 bits per heavy atom. The molecular weight excluding hydrogens is 459 g/mol. The molecule has 0 saturated carbocycles. The summed E-state index contributed by atoms with van der Waals surface area (Å²) in [6, 6.07) is 4.95. The number of benzene rings is 1. The normalized spacial score (nSPS) is 18.2. The minimum absolute atomic E-state index is 0.0873. The minimum Gasteiger partial charge on any atom is -0.362 e. The van der Waals surface area contributed by atoms with Crippen molar-refractivity contribution in [2.45, 2.75) is 32.5 Å². The van der Waals surface area contributed by atoms with Crippen LogP contribution in [-0.2, 0) is 19.5 Å². The molecule has 5 rings (SSSR count). The maximum absolute atomic E-state index is 14.2. The molecular formula is C23H28ClFN8O. The third kappa shape index (κ3) is 4.45. The molecule has 2 aromatic heterocycles. The van der Waals surface area contributed by atoms with Crippen LogP contribution in [0, 0.1) is 5.82 Å². The molecule has 0 aliphatic carbocycles. The summed E-state index contributed by atoms with van der Waals surface area (Å²) >= 11 is 6.20. The minimum atomic E-state index is -0.411. The summed E-state index contributed by atoms with van der Waals surface area (Å²) in [5.74, 6) is -0.223. The number of aromatic nitrogens is 5. The standard InChI is InChI=1S/C23H28ClFN8O/c1-15(18-4-3-17(25)11-16(18)13-31-9-7-30(2)8-10-31)33-20-5-6-32(14-19(20)27-29-33)21-12-26-28-23(34)22(21)24/h3-4,11-12,15H,5-10,13-14H2,1-2H3,(H,28,34)/t15-/m1/s1. The first-order valence-electron chi connectivity index (χ1n) is 11.5. The molecule has 4 heterocycles. The second kappa shape index (κ2) is 9.44. The molecule has 9 nitrogen and oxygen atoms in total. The summed E-state index contributed by atoms with van der Waals surface area (Å²) in [4.78, 5) is 18.5. The number of piperazine rings is 1. The number of likely N-dealkylation sites (N-methyl/N-ethyl adjacent to an activating group) is 1. The highest BCUT2D eigenvalue weighted by Gasteiger charge is 2.27. The fraction of sp³-hybridized carbons (Fsp3) is 0.478.